The number of likely N-dealkylation sites (tertiary alicyclic amines) is 1. The van der Waals surface area contributed by atoms with E-state index in [-0.39, 0.29) is 45.8 Å². The van der Waals surface area contributed by atoms with Crippen molar-refractivity contribution in [3.05, 3.63) is 41.5 Å². The molecular weight excluding hydrogens is 746 g/mol. The molecule has 7 rings (SSSR count). The van der Waals surface area contributed by atoms with E-state index >= 15 is 4.79 Å². The molecule has 17 heteroatoms. The SMILES string of the molecule is CC(C)(C)OC(=O)CCC(CO)NC(=O)C1CCCN1C(=O)C12CC3OC(=O)C1N(Cc1cccc(C=CC(=O)OC4C(=O)OCC4(C)C)c1)OC2C1OCOC31. The van der Waals surface area contributed by atoms with Gasteiger partial charge in [-0.05, 0) is 57.2 Å². The van der Waals surface area contributed by atoms with E-state index in [1.807, 2.05) is 6.07 Å². The Morgan fingerprint density at radius 1 is 1.11 bits per heavy atom. The van der Waals surface area contributed by atoms with Gasteiger partial charge in [0.1, 0.15) is 54.9 Å². The second kappa shape index (κ2) is 15.7. The molecule has 9 atom stereocenters. The van der Waals surface area contributed by atoms with Crippen molar-refractivity contribution in [1.82, 2.24) is 15.3 Å². The molecule has 5 saturated heterocycles. The number of hydrogen-bond donors (Lipinski definition) is 2. The van der Waals surface area contributed by atoms with Gasteiger partial charge in [-0.2, -0.15) is 5.06 Å². The molecule has 5 heterocycles. The summed E-state index contributed by atoms with van der Waals surface area (Å²) in [5, 5.41) is 14.3. The molecule has 0 spiro atoms. The van der Waals surface area contributed by atoms with E-state index in [9.17, 15) is 29.1 Å². The van der Waals surface area contributed by atoms with Crippen molar-refractivity contribution in [2.75, 3.05) is 26.6 Å². The number of nitrogens with zero attached hydrogens (tertiary/aromatic N) is 2. The Hall–Kier alpha value is -4.42. The summed E-state index contributed by atoms with van der Waals surface area (Å²) in [6.07, 6.45) is -0.292. The number of ether oxygens (including phenoxy) is 6. The Balaban J connectivity index is 1.08. The molecule has 2 N–H and O–H groups in total. The van der Waals surface area contributed by atoms with Crippen LogP contribution in [-0.2, 0) is 68.6 Å². The summed E-state index contributed by atoms with van der Waals surface area (Å²) >= 11 is 0. The molecule has 2 bridgehead atoms. The van der Waals surface area contributed by atoms with Crippen molar-refractivity contribution < 1.29 is 67.1 Å². The van der Waals surface area contributed by atoms with Crippen LogP contribution in [-0.4, -0.2) is 132 Å². The van der Waals surface area contributed by atoms with E-state index in [0.717, 1.165) is 0 Å². The average Bonchev–Trinajstić information content (AvgIpc) is 3.95. The standard InChI is InChI=1S/C40H51N3O14/c1-38(2,3)56-28(46)14-12-24(19-44)41-34(47)25-10-7-15-42(25)37(50)40-17-26-29-30(53-21-52-29)32(40)57-43(31(40)35(48)54-26)18-23-9-6-8-22(16-23)11-13-27(45)55-33-36(49)51-20-39(33,4)5/h6,8-9,11,13,16,24-26,29-33,44H,7,10,12,14-15,17-21H2,1-5H3,(H,41,47). The fraction of sp³-hybridized carbons (Fsp3) is 0.650. The van der Waals surface area contributed by atoms with Gasteiger partial charge in [-0.25, -0.2) is 9.59 Å². The van der Waals surface area contributed by atoms with Crippen LogP contribution in [0.4, 0.5) is 0 Å². The molecule has 57 heavy (non-hydrogen) atoms. The van der Waals surface area contributed by atoms with Crippen molar-refractivity contribution >= 4 is 41.8 Å². The normalized spacial score (nSPS) is 32.1. The quantitative estimate of drug-likeness (QED) is 0.174. The van der Waals surface area contributed by atoms with Crippen LogP contribution in [0.3, 0.4) is 0 Å². The number of carbonyl (C=O) groups is 6. The topological polar surface area (TPSA) is 206 Å². The minimum atomic E-state index is -1.48. The molecule has 6 fully saturated rings. The maximum Gasteiger partial charge on any atom is 0.348 e. The molecule has 310 valence electrons. The van der Waals surface area contributed by atoms with Crippen LogP contribution in [0.1, 0.15) is 77.8 Å². The van der Waals surface area contributed by atoms with E-state index in [1.165, 1.54) is 16.0 Å². The highest BCUT2D eigenvalue weighted by Gasteiger charge is 2.75. The second-order valence-corrected chi connectivity index (χ2v) is 17.3. The zero-order chi connectivity index (χ0) is 40.9. The van der Waals surface area contributed by atoms with E-state index in [0.29, 0.717) is 24.0 Å². The first kappa shape index (κ1) is 40.8. The number of aliphatic hydroxyl groups excluding tert-OH is 1. The van der Waals surface area contributed by atoms with Gasteiger partial charge in [-0.15, -0.1) is 0 Å². The van der Waals surface area contributed by atoms with Crippen LogP contribution in [0, 0.1) is 10.8 Å². The minimum absolute atomic E-state index is 0.0213. The van der Waals surface area contributed by atoms with Crippen LogP contribution < -0.4 is 5.32 Å². The number of aliphatic hydroxyl groups is 1. The molecule has 1 aliphatic carbocycles. The first-order chi connectivity index (χ1) is 27.0. The summed E-state index contributed by atoms with van der Waals surface area (Å²) < 4.78 is 33.6. The number of hydrogen-bond acceptors (Lipinski definition) is 15. The lowest BCUT2D eigenvalue weighted by atomic mass is 9.62. The number of carbonyl (C=O) groups excluding carboxylic acids is 6. The van der Waals surface area contributed by atoms with Crippen molar-refractivity contribution in [1.29, 1.82) is 0 Å². The summed E-state index contributed by atoms with van der Waals surface area (Å²) in [5.41, 5.74) is -1.51. The van der Waals surface area contributed by atoms with Crippen LogP contribution >= 0.6 is 0 Å². The number of hydroxylamine groups is 2. The minimum Gasteiger partial charge on any atom is -0.462 e. The van der Waals surface area contributed by atoms with Gasteiger partial charge in [0.05, 0.1) is 19.2 Å². The van der Waals surface area contributed by atoms with Gasteiger partial charge in [0.2, 0.25) is 17.9 Å². The Labute approximate surface area is 330 Å². The maximum atomic E-state index is 15.1. The zero-order valence-corrected chi connectivity index (χ0v) is 32.8. The van der Waals surface area contributed by atoms with Gasteiger partial charge in [0, 0.05) is 30.9 Å². The van der Waals surface area contributed by atoms with E-state index in [1.54, 1.807) is 58.9 Å². The molecule has 1 aromatic carbocycles. The Morgan fingerprint density at radius 2 is 1.88 bits per heavy atom. The van der Waals surface area contributed by atoms with Crippen LogP contribution in [0.2, 0.25) is 0 Å². The maximum absolute atomic E-state index is 15.1. The lowest BCUT2D eigenvalue weighted by Crippen LogP contribution is -2.70. The van der Waals surface area contributed by atoms with Crippen LogP contribution in [0.15, 0.2) is 30.3 Å². The van der Waals surface area contributed by atoms with Crippen molar-refractivity contribution in [2.45, 2.75) is 128 Å². The van der Waals surface area contributed by atoms with E-state index in [2.05, 4.69) is 5.32 Å². The fourth-order valence-corrected chi connectivity index (χ4v) is 8.78. The highest BCUT2D eigenvalue weighted by Crippen LogP contribution is 2.56. The lowest BCUT2D eigenvalue weighted by molar-refractivity contribution is -0.204. The Bertz CT molecular complexity index is 1810. The number of rotatable bonds is 12. The lowest BCUT2D eigenvalue weighted by Gasteiger charge is -2.50. The molecule has 1 aromatic rings. The third-order valence-corrected chi connectivity index (χ3v) is 11.4. The van der Waals surface area contributed by atoms with Gasteiger partial charge >= 0.3 is 23.9 Å². The Morgan fingerprint density at radius 3 is 2.60 bits per heavy atom. The third kappa shape index (κ3) is 8.04. The van der Waals surface area contributed by atoms with Gasteiger partial charge in [-0.3, -0.25) is 24.0 Å². The zero-order valence-electron chi connectivity index (χ0n) is 32.8. The average molecular weight is 798 g/mol. The third-order valence-electron chi connectivity index (χ3n) is 11.4. The summed E-state index contributed by atoms with van der Waals surface area (Å²) in [4.78, 5) is 88.0. The summed E-state index contributed by atoms with van der Waals surface area (Å²) in [7, 11) is 0. The number of amides is 2. The molecule has 17 nitrogen and oxygen atoms in total. The number of cyclic esters (lactones) is 1. The largest absolute Gasteiger partial charge is 0.462 e. The Kier molecular flexibility index (Phi) is 11.3. The highest BCUT2D eigenvalue weighted by atomic mass is 16.8. The number of fused-ring (bicyclic) bond motifs is 4. The van der Waals surface area contributed by atoms with Crippen LogP contribution in [0.25, 0.3) is 6.08 Å². The predicted octanol–water partition coefficient (Wildman–Crippen LogP) is 1.33. The van der Waals surface area contributed by atoms with Crippen molar-refractivity contribution in [3.8, 4) is 0 Å². The molecule has 5 aliphatic heterocycles. The molecule has 9 unspecified atom stereocenters. The first-order valence-corrected chi connectivity index (χ1v) is 19.5. The molecule has 0 aromatic heterocycles. The summed E-state index contributed by atoms with van der Waals surface area (Å²) in [5.74, 6) is -3.33. The summed E-state index contributed by atoms with van der Waals surface area (Å²) in [6, 6.07) is 4.28. The fourth-order valence-electron chi connectivity index (χ4n) is 8.78. The molecule has 6 aliphatic rings. The number of esters is 4. The van der Waals surface area contributed by atoms with Crippen molar-refractivity contribution in [3.63, 3.8) is 0 Å². The monoisotopic (exact) mass is 797 g/mol. The first-order valence-electron chi connectivity index (χ1n) is 19.5. The molecule has 0 radical (unpaired) electrons. The van der Waals surface area contributed by atoms with Gasteiger partial charge in [0.25, 0.3) is 0 Å². The van der Waals surface area contributed by atoms with Gasteiger partial charge < -0.3 is 43.7 Å². The van der Waals surface area contributed by atoms with Crippen LogP contribution in [0.5, 0.6) is 0 Å². The smallest absolute Gasteiger partial charge is 0.348 e. The second-order valence-electron chi connectivity index (χ2n) is 17.3. The van der Waals surface area contributed by atoms with Crippen molar-refractivity contribution in [2.24, 2.45) is 10.8 Å². The van der Waals surface area contributed by atoms with Gasteiger partial charge in [-0.1, -0.05) is 38.1 Å². The number of nitrogens with one attached hydrogen (secondary N) is 1. The highest BCUT2D eigenvalue weighted by molar-refractivity contribution is 5.97. The van der Waals surface area contributed by atoms with Gasteiger partial charge in [0.15, 0.2) is 6.04 Å². The molecular formula is C40H51N3O14. The predicted molar refractivity (Wildman–Crippen MR) is 195 cm³/mol. The van der Waals surface area contributed by atoms with E-state index < -0.39 is 107 Å². The molecule has 1 saturated carbocycles. The summed E-state index contributed by atoms with van der Waals surface area (Å²) in [6.45, 7) is 8.76. The number of benzene rings is 1. The molecule has 2 amide bonds. The van der Waals surface area contributed by atoms with E-state index in [4.69, 9.17) is 33.3 Å².